The van der Waals surface area contributed by atoms with E-state index in [0.717, 1.165) is 24.1 Å². The number of benzene rings is 1. The third-order valence-electron chi connectivity index (χ3n) is 4.80. The predicted molar refractivity (Wildman–Crippen MR) is 88.6 cm³/mol. The number of carbonyl (C=O) groups is 1. The molecule has 8 heteroatoms. The van der Waals surface area contributed by atoms with Crippen molar-refractivity contribution in [2.75, 3.05) is 39.5 Å². The number of carbonyl (C=O) groups excluding carboxylic acids is 1. The van der Waals surface area contributed by atoms with Gasteiger partial charge in [0.2, 0.25) is 5.91 Å². The summed E-state index contributed by atoms with van der Waals surface area (Å²) in [4.78, 5) is 14.3. The monoisotopic (exact) mass is 372 g/mol. The number of amides is 1. The van der Waals surface area contributed by atoms with Crippen LogP contribution in [0, 0.1) is 0 Å². The van der Waals surface area contributed by atoms with Crippen LogP contribution in [0.4, 0.5) is 13.2 Å². The largest absolute Gasteiger partial charge is 0.416 e. The summed E-state index contributed by atoms with van der Waals surface area (Å²) in [5.74, 6) is -0.160. The molecule has 1 N–H and O–H groups in total. The van der Waals surface area contributed by atoms with Crippen molar-refractivity contribution in [1.29, 1.82) is 0 Å². The summed E-state index contributed by atoms with van der Waals surface area (Å²) in [6.45, 7) is 3.38. The average Bonchev–Trinajstić information content (AvgIpc) is 3.17. The Morgan fingerprint density at radius 3 is 2.46 bits per heavy atom. The highest BCUT2D eigenvalue weighted by molar-refractivity contribution is 5.81. The van der Waals surface area contributed by atoms with Crippen LogP contribution >= 0.6 is 0 Å². The van der Waals surface area contributed by atoms with Crippen molar-refractivity contribution in [3.63, 3.8) is 0 Å². The lowest BCUT2D eigenvalue weighted by Gasteiger charge is -2.35. The number of ether oxygens (including phenoxy) is 2. The van der Waals surface area contributed by atoms with Crippen molar-refractivity contribution in [2.45, 2.75) is 31.2 Å². The molecular formula is C18H23F3N2O3. The zero-order chi connectivity index (χ0) is 18.6. The molecule has 2 atom stereocenters. The number of hydrogen-bond acceptors (Lipinski definition) is 4. The highest BCUT2D eigenvalue weighted by Gasteiger charge is 2.31. The fourth-order valence-corrected chi connectivity index (χ4v) is 3.34. The number of halogens is 3. The van der Waals surface area contributed by atoms with Crippen LogP contribution in [-0.2, 0) is 20.4 Å². The zero-order valence-electron chi connectivity index (χ0n) is 14.4. The number of rotatable bonds is 5. The van der Waals surface area contributed by atoms with Gasteiger partial charge in [-0.1, -0.05) is 12.1 Å². The van der Waals surface area contributed by atoms with Crippen LogP contribution in [0.15, 0.2) is 24.3 Å². The molecule has 0 radical (unpaired) electrons. The van der Waals surface area contributed by atoms with E-state index in [-0.39, 0.29) is 11.9 Å². The summed E-state index contributed by atoms with van der Waals surface area (Å²) in [7, 11) is 0. The Bertz CT molecular complexity index is 595. The Kier molecular flexibility index (Phi) is 6.16. The van der Waals surface area contributed by atoms with Crippen molar-refractivity contribution in [1.82, 2.24) is 10.2 Å². The first-order chi connectivity index (χ1) is 12.4. The van der Waals surface area contributed by atoms with Gasteiger partial charge < -0.3 is 14.8 Å². The fourth-order valence-electron chi connectivity index (χ4n) is 3.34. The third kappa shape index (κ3) is 4.75. The maximum absolute atomic E-state index is 12.8. The topological polar surface area (TPSA) is 50.8 Å². The van der Waals surface area contributed by atoms with Gasteiger partial charge in [-0.3, -0.25) is 9.69 Å². The zero-order valence-corrected chi connectivity index (χ0v) is 14.4. The number of hydrogen-bond donors (Lipinski definition) is 1. The van der Waals surface area contributed by atoms with Crippen molar-refractivity contribution in [2.24, 2.45) is 0 Å². The minimum atomic E-state index is -4.36. The van der Waals surface area contributed by atoms with E-state index in [0.29, 0.717) is 45.9 Å². The molecule has 0 saturated carbocycles. The van der Waals surface area contributed by atoms with E-state index < -0.39 is 17.8 Å². The second kappa shape index (κ2) is 8.37. The lowest BCUT2D eigenvalue weighted by Crippen LogP contribution is -2.45. The molecule has 144 valence electrons. The molecule has 0 unspecified atom stereocenters. The first kappa shape index (κ1) is 19.1. The van der Waals surface area contributed by atoms with E-state index in [4.69, 9.17) is 9.47 Å². The van der Waals surface area contributed by atoms with Crippen LogP contribution < -0.4 is 5.32 Å². The molecule has 1 aromatic rings. The van der Waals surface area contributed by atoms with E-state index in [1.165, 1.54) is 12.1 Å². The molecule has 3 rings (SSSR count). The molecule has 26 heavy (non-hydrogen) atoms. The average molecular weight is 372 g/mol. The van der Waals surface area contributed by atoms with Gasteiger partial charge in [-0.05, 0) is 30.5 Å². The molecule has 2 aliphatic rings. The predicted octanol–water partition coefficient (Wildman–Crippen LogP) is 2.37. The quantitative estimate of drug-likeness (QED) is 0.862. The number of nitrogens with one attached hydrogen (secondary N) is 1. The van der Waals surface area contributed by atoms with Gasteiger partial charge in [-0.15, -0.1) is 0 Å². The van der Waals surface area contributed by atoms with Gasteiger partial charge >= 0.3 is 6.18 Å². The summed E-state index contributed by atoms with van der Waals surface area (Å²) in [5, 5.41) is 2.90. The molecule has 1 amide bonds. The van der Waals surface area contributed by atoms with Gasteiger partial charge in [-0.25, -0.2) is 0 Å². The van der Waals surface area contributed by atoms with Crippen LogP contribution in [0.1, 0.15) is 30.0 Å². The SMILES string of the molecule is O=C(NC[C@@H](c1ccc(C(F)(F)F)cc1)N1CCOCC1)[C@@H]1CCCO1. The van der Waals surface area contributed by atoms with Crippen LogP contribution in [0.3, 0.4) is 0 Å². The molecule has 2 heterocycles. The lowest BCUT2D eigenvalue weighted by molar-refractivity contribution is -0.137. The smallest absolute Gasteiger partial charge is 0.379 e. The summed E-state index contributed by atoms with van der Waals surface area (Å²) >= 11 is 0. The second-order valence-corrected chi connectivity index (χ2v) is 6.53. The molecule has 0 spiro atoms. The molecular weight excluding hydrogens is 349 g/mol. The maximum atomic E-state index is 12.8. The lowest BCUT2D eigenvalue weighted by atomic mass is 10.0. The van der Waals surface area contributed by atoms with Crippen LogP contribution in [-0.4, -0.2) is 56.4 Å². The Balaban J connectivity index is 1.71. The van der Waals surface area contributed by atoms with Crippen molar-refractivity contribution in [3.05, 3.63) is 35.4 Å². The number of morpholine rings is 1. The molecule has 0 aromatic heterocycles. The molecule has 2 fully saturated rings. The van der Waals surface area contributed by atoms with E-state index in [1.54, 1.807) is 0 Å². The first-order valence-corrected chi connectivity index (χ1v) is 8.83. The van der Waals surface area contributed by atoms with Gasteiger partial charge in [0, 0.05) is 26.2 Å². The van der Waals surface area contributed by atoms with Crippen LogP contribution in [0.5, 0.6) is 0 Å². The molecule has 0 aliphatic carbocycles. The third-order valence-corrected chi connectivity index (χ3v) is 4.80. The van der Waals surface area contributed by atoms with Crippen molar-refractivity contribution in [3.8, 4) is 0 Å². The minimum Gasteiger partial charge on any atom is -0.379 e. The second-order valence-electron chi connectivity index (χ2n) is 6.53. The van der Waals surface area contributed by atoms with E-state index in [9.17, 15) is 18.0 Å². The summed E-state index contributed by atoms with van der Waals surface area (Å²) < 4.78 is 49.2. The summed E-state index contributed by atoms with van der Waals surface area (Å²) in [6, 6.07) is 4.95. The van der Waals surface area contributed by atoms with E-state index in [1.807, 2.05) is 0 Å². The van der Waals surface area contributed by atoms with Crippen molar-refractivity contribution < 1.29 is 27.4 Å². The number of nitrogens with zero attached hydrogens (tertiary/aromatic N) is 1. The van der Waals surface area contributed by atoms with Gasteiger partial charge in [0.15, 0.2) is 0 Å². The van der Waals surface area contributed by atoms with Gasteiger partial charge in [0.05, 0.1) is 24.8 Å². The number of alkyl halides is 3. The Morgan fingerprint density at radius 1 is 1.19 bits per heavy atom. The highest BCUT2D eigenvalue weighted by atomic mass is 19.4. The Morgan fingerprint density at radius 2 is 1.88 bits per heavy atom. The first-order valence-electron chi connectivity index (χ1n) is 8.83. The van der Waals surface area contributed by atoms with Crippen LogP contribution in [0.2, 0.25) is 0 Å². The van der Waals surface area contributed by atoms with Gasteiger partial charge in [0.1, 0.15) is 6.10 Å². The fraction of sp³-hybridized carbons (Fsp3) is 0.611. The molecule has 2 aliphatic heterocycles. The molecule has 0 bridgehead atoms. The summed E-state index contributed by atoms with van der Waals surface area (Å²) in [6.07, 6.45) is -3.22. The molecule has 2 saturated heterocycles. The van der Waals surface area contributed by atoms with E-state index >= 15 is 0 Å². The molecule has 5 nitrogen and oxygen atoms in total. The van der Waals surface area contributed by atoms with Gasteiger partial charge in [-0.2, -0.15) is 13.2 Å². The molecule has 1 aromatic carbocycles. The minimum absolute atomic E-state index is 0.160. The van der Waals surface area contributed by atoms with E-state index in [2.05, 4.69) is 10.2 Å². The standard InChI is InChI=1S/C18H23F3N2O3/c19-18(20,21)14-5-3-13(4-6-14)15(23-7-10-25-11-8-23)12-22-17(24)16-2-1-9-26-16/h3-6,15-16H,1-2,7-12H2,(H,22,24)/t15-,16-/m0/s1. The maximum Gasteiger partial charge on any atom is 0.416 e. The van der Waals surface area contributed by atoms with Crippen LogP contribution in [0.25, 0.3) is 0 Å². The highest BCUT2D eigenvalue weighted by Crippen LogP contribution is 2.31. The summed E-state index contributed by atoms with van der Waals surface area (Å²) in [5.41, 5.74) is 0.0675. The van der Waals surface area contributed by atoms with Crippen molar-refractivity contribution >= 4 is 5.91 Å². The Hall–Kier alpha value is -1.64. The normalized spacial score (nSPS) is 23.0. The van der Waals surface area contributed by atoms with Gasteiger partial charge in [0.25, 0.3) is 0 Å². The Labute approximate surface area is 150 Å².